The molecule has 0 bridgehead atoms. The van der Waals surface area contributed by atoms with E-state index in [4.69, 9.17) is 5.73 Å². The second kappa shape index (κ2) is 5.93. The molecule has 0 aliphatic carbocycles. The van der Waals surface area contributed by atoms with Gasteiger partial charge in [-0.3, -0.25) is 4.90 Å². The Labute approximate surface area is 136 Å². The summed E-state index contributed by atoms with van der Waals surface area (Å²) in [5.74, 6) is 0. The standard InChI is InChI=1S/C18H21N5/c19-15-6-7-18-20-16(14-23(18)12-15)13-21-8-10-22(11-9-21)17-4-2-1-3-5-17/h1-7,12,14H,8-11,13,19H2. The van der Waals surface area contributed by atoms with Crippen molar-refractivity contribution in [1.29, 1.82) is 0 Å². The van der Waals surface area contributed by atoms with Crippen LogP contribution in [0.25, 0.3) is 5.65 Å². The van der Waals surface area contributed by atoms with Crippen molar-refractivity contribution in [2.45, 2.75) is 6.54 Å². The Morgan fingerprint density at radius 1 is 0.913 bits per heavy atom. The Morgan fingerprint density at radius 3 is 2.48 bits per heavy atom. The minimum absolute atomic E-state index is 0.762. The van der Waals surface area contributed by atoms with Gasteiger partial charge in [-0.2, -0.15) is 0 Å². The van der Waals surface area contributed by atoms with Gasteiger partial charge in [-0.25, -0.2) is 4.98 Å². The van der Waals surface area contributed by atoms with Crippen LogP contribution in [0.1, 0.15) is 5.69 Å². The van der Waals surface area contributed by atoms with Crippen molar-refractivity contribution in [2.24, 2.45) is 0 Å². The first-order valence-corrected chi connectivity index (χ1v) is 8.03. The zero-order chi connectivity index (χ0) is 15.6. The molecular formula is C18H21N5. The van der Waals surface area contributed by atoms with E-state index in [-0.39, 0.29) is 0 Å². The van der Waals surface area contributed by atoms with Crippen molar-refractivity contribution in [3.63, 3.8) is 0 Å². The Hall–Kier alpha value is -2.53. The number of piperazine rings is 1. The fraction of sp³-hybridized carbons (Fsp3) is 0.278. The van der Waals surface area contributed by atoms with Crippen molar-refractivity contribution in [3.8, 4) is 0 Å². The van der Waals surface area contributed by atoms with E-state index >= 15 is 0 Å². The minimum atomic E-state index is 0.762. The van der Waals surface area contributed by atoms with Crippen LogP contribution in [0.15, 0.2) is 54.9 Å². The number of benzene rings is 1. The molecule has 23 heavy (non-hydrogen) atoms. The molecule has 0 spiro atoms. The topological polar surface area (TPSA) is 49.8 Å². The van der Waals surface area contributed by atoms with E-state index in [2.05, 4.69) is 51.3 Å². The first-order valence-electron chi connectivity index (χ1n) is 8.03. The Morgan fingerprint density at radius 2 is 1.70 bits per heavy atom. The van der Waals surface area contributed by atoms with E-state index in [1.807, 2.05) is 22.7 Å². The van der Waals surface area contributed by atoms with Gasteiger partial charge >= 0.3 is 0 Å². The SMILES string of the molecule is Nc1ccc2nc(CN3CCN(c4ccccc4)CC3)cn2c1. The van der Waals surface area contributed by atoms with Crippen molar-refractivity contribution < 1.29 is 0 Å². The molecular weight excluding hydrogens is 286 g/mol. The smallest absolute Gasteiger partial charge is 0.137 e. The third kappa shape index (κ3) is 3.00. The van der Waals surface area contributed by atoms with Gasteiger partial charge in [0.15, 0.2) is 0 Å². The summed E-state index contributed by atoms with van der Waals surface area (Å²) in [7, 11) is 0. The second-order valence-corrected chi connectivity index (χ2v) is 6.06. The van der Waals surface area contributed by atoms with Crippen LogP contribution in [0, 0.1) is 0 Å². The fourth-order valence-electron chi connectivity index (χ4n) is 3.17. The molecule has 0 radical (unpaired) electrons. The van der Waals surface area contributed by atoms with Gasteiger partial charge in [0.2, 0.25) is 0 Å². The average molecular weight is 307 g/mol. The molecule has 0 atom stereocenters. The second-order valence-electron chi connectivity index (χ2n) is 6.06. The summed E-state index contributed by atoms with van der Waals surface area (Å²) in [6.07, 6.45) is 3.99. The lowest BCUT2D eigenvalue weighted by atomic mass is 10.2. The molecule has 1 fully saturated rings. The van der Waals surface area contributed by atoms with Gasteiger partial charge in [-0.15, -0.1) is 0 Å². The fourth-order valence-corrected chi connectivity index (χ4v) is 3.17. The van der Waals surface area contributed by atoms with Gasteiger partial charge in [0.1, 0.15) is 5.65 Å². The molecule has 0 saturated carbocycles. The number of anilines is 2. The van der Waals surface area contributed by atoms with E-state index in [1.54, 1.807) is 0 Å². The van der Waals surface area contributed by atoms with Gasteiger partial charge in [0.25, 0.3) is 0 Å². The van der Waals surface area contributed by atoms with Gasteiger partial charge in [0.05, 0.1) is 5.69 Å². The molecule has 1 aliphatic rings. The molecule has 1 saturated heterocycles. The first-order chi connectivity index (χ1) is 11.3. The van der Waals surface area contributed by atoms with Crippen LogP contribution in [0.4, 0.5) is 11.4 Å². The molecule has 3 heterocycles. The van der Waals surface area contributed by atoms with E-state index in [0.29, 0.717) is 0 Å². The number of para-hydroxylation sites is 1. The Bertz CT molecular complexity index is 788. The Balaban J connectivity index is 1.40. The van der Waals surface area contributed by atoms with E-state index in [9.17, 15) is 0 Å². The minimum Gasteiger partial charge on any atom is -0.398 e. The van der Waals surface area contributed by atoms with Crippen LogP contribution in [0.3, 0.4) is 0 Å². The summed E-state index contributed by atoms with van der Waals surface area (Å²) in [4.78, 5) is 9.59. The average Bonchev–Trinajstić information content (AvgIpc) is 2.97. The van der Waals surface area contributed by atoms with Gasteiger partial charge in [0, 0.05) is 56.5 Å². The van der Waals surface area contributed by atoms with E-state index in [0.717, 1.165) is 49.8 Å². The lowest BCUT2D eigenvalue weighted by Gasteiger charge is -2.35. The van der Waals surface area contributed by atoms with E-state index in [1.165, 1.54) is 5.69 Å². The number of imidazole rings is 1. The molecule has 4 rings (SSSR count). The predicted octanol–water partition coefficient (Wildman–Crippen LogP) is 2.24. The Kier molecular flexibility index (Phi) is 3.63. The number of pyridine rings is 1. The van der Waals surface area contributed by atoms with Crippen LogP contribution in [0.5, 0.6) is 0 Å². The number of hydrogen-bond acceptors (Lipinski definition) is 4. The van der Waals surface area contributed by atoms with Crippen molar-refractivity contribution in [2.75, 3.05) is 36.8 Å². The van der Waals surface area contributed by atoms with Crippen LogP contribution in [-0.4, -0.2) is 40.5 Å². The van der Waals surface area contributed by atoms with Gasteiger partial charge < -0.3 is 15.0 Å². The monoisotopic (exact) mass is 307 g/mol. The summed E-state index contributed by atoms with van der Waals surface area (Å²) in [5.41, 5.74) is 9.96. The normalized spacial score (nSPS) is 16.1. The van der Waals surface area contributed by atoms with Crippen LogP contribution in [0.2, 0.25) is 0 Å². The first kappa shape index (κ1) is 14.1. The summed E-state index contributed by atoms with van der Waals surface area (Å²) in [6, 6.07) is 14.5. The lowest BCUT2D eigenvalue weighted by molar-refractivity contribution is 0.247. The van der Waals surface area contributed by atoms with Crippen LogP contribution >= 0.6 is 0 Å². The number of hydrogen-bond donors (Lipinski definition) is 1. The number of aromatic nitrogens is 2. The summed E-state index contributed by atoms with van der Waals surface area (Å²) < 4.78 is 2.00. The quantitative estimate of drug-likeness (QED) is 0.806. The van der Waals surface area contributed by atoms with Crippen LogP contribution < -0.4 is 10.6 Å². The molecule has 2 aromatic heterocycles. The maximum atomic E-state index is 5.82. The van der Waals surface area contributed by atoms with Crippen LogP contribution in [-0.2, 0) is 6.54 Å². The molecule has 5 heteroatoms. The summed E-state index contributed by atoms with van der Waals surface area (Å²) in [6.45, 7) is 5.13. The zero-order valence-corrected chi connectivity index (χ0v) is 13.1. The van der Waals surface area contributed by atoms with Gasteiger partial charge in [-0.05, 0) is 24.3 Å². The number of nitrogens with zero attached hydrogens (tertiary/aromatic N) is 4. The third-order valence-electron chi connectivity index (χ3n) is 4.40. The highest BCUT2D eigenvalue weighted by atomic mass is 15.3. The van der Waals surface area contributed by atoms with E-state index < -0.39 is 0 Å². The maximum Gasteiger partial charge on any atom is 0.137 e. The molecule has 118 valence electrons. The molecule has 0 amide bonds. The molecule has 1 aliphatic heterocycles. The van der Waals surface area contributed by atoms with Gasteiger partial charge in [-0.1, -0.05) is 18.2 Å². The summed E-state index contributed by atoms with van der Waals surface area (Å²) in [5, 5.41) is 0. The highest BCUT2D eigenvalue weighted by molar-refractivity contribution is 5.48. The van der Waals surface area contributed by atoms with Crippen molar-refractivity contribution in [1.82, 2.24) is 14.3 Å². The zero-order valence-electron chi connectivity index (χ0n) is 13.1. The number of fused-ring (bicyclic) bond motifs is 1. The third-order valence-corrected chi connectivity index (χ3v) is 4.40. The number of nitrogens with two attached hydrogens (primary N) is 1. The predicted molar refractivity (Wildman–Crippen MR) is 93.5 cm³/mol. The molecule has 0 unspecified atom stereocenters. The highest BCUT2D eigenvalue weighted by Crippen LogP contribution is 2.17. The lowest BCUT2D eigenvalue weighted by Crippen LogP contribution is -2.46. The van der Waals surface area contributed by atoms with Crippen molar-refractivity contribution >= 4 is 17.0 Å². The molecule has 5 nitrogen and oxygen atoms in total. The highest BCUT2D eigenvalue weighted by Gasteiger charge is 2.18. The largest absolute Gasteiger partial charge is 0.398 e. The van der Waals surface area contributed by atoms with Crippen molar-refractivity contribution in [3.05, 3.63) is 60.6 Å². The number of rotatable bonds is 3. The molecule has 3 aromatic rings. The molecule has 1 aromatic carbocycles. The maximum absolute atomic E-state index is 5.82. The summed E-state index contributed by atoms with van der Waals surface area (Å²) >= 11 is 0. The number of nitrogen functional groups attached to an aromatic ring is 1. The molecule has 2 N–H and O–H groups in total.